The second-order valence-corrected chi connectivity index (χ2v) is 9.55. The number of likely N-dealkylation sites (tertiary alicyclic amines) is 1. The summed E-state index contributed by atoms with van der Waals surface area (Å²) in [5.74, 6) is -2.29. The van der Waals surface area contributed by atoms with E-state index in [1.54, 1.807) is 25.5 Å². The molecule has 5 unspecified atom stereocenters. The van der Waals surface area contributed by atoms with Gasteiger partial charge in [-0.3, -0.25) is 23.4 Å². The average molecular weight is 447 g/mol. The molecule has 2 aliphatic rings. The molecular formula is C18H30N4O7S. The molecule has 12 heteroatoms. The summed E-state index contributed by atoms with van der Waals surface area (Å²) in [5.41, 5.74) is -1.37. The van der Waals surface area contributed by atoms with Crippen LogP contribution >= 0.6 is 0 Å². The van der Waals surface area contributed by atoms with E-state index in [2.05, 4.69) is 14.8 Å². The fourth-order valence-electron chi connectivity index (χ4n) is 3.71. The number of carbonyl (C=O) groups excluding carboxylic acids is 4. The van der Waals surface area contributed by atoms with Crippen molar-refractivity contribution >= 4 is 33.9 Å². The van der Waals surface area contributed by atoms with Crippen molar-refractivity contribution in [2.45, 2.75) is 64.6 Å². The highest BCUT2D eigenvalue weighted by Crippen LogP contribution is 2.43. The van der Waals surface area contributed by atoms with Gasteiger partial charge in [0.15, 0.2) is 0 Å². The van der Waals surface area contributed by atoms with Crippen LogP contribution in [0, 0.1) is 11.8 Å². The third kappa shape index (κ3) is 5.09. The highest BCUT2D eigenvalue weighted by molar-refractivity contribution is 7.85. The lowest BCUT2D eigenvalue weighted by molar-refractivity contribution is -0.142. The van der Waals surface area contributed by atoms with E-state index in [1.165, 1.54) is 4.90 Å². The molecule has 0 radical (unpaired) electrons. The summed E-state index contributed by atoms with van der Waals surface area (Å²) in [6, 6.07) is -1.60. The van der Waals surface area contributed by atoms with Crippen molar-refractivity contribution in [3.8, 4) is 0 Å². The van der Waals surface area contributed by atoms with Crippen LogP contribution in [0.5, 0.6) is 0 Å². The summed E-state index contributed by atoms with van der Waals surface area (Å²) in [7, 11) is -3.34. The molecule has 1 saturated carbocycles. The van der Waals surface area contributed by atoms with Crippen LogP contribution in [0.1, 0.15) is 47.0 Å². The monoisotopic (exact) mass is 446 g/mol. The van der Waals surface area contributed by atoms with Gasteiger partial charge in [0.1, 0.15) is 17.6 Å². The second-order valence-electron chi connectivity index (χ2n) is 8.11. The molecule has 5 atom stereocenters. The summed E-state index contributed by atoms with van der Waals surface area (Å²) in [4.78, 5) is 51.3. The van der Waals surface area contributed by atoms with Crippen molar-refractivity contribution in [2.75, 3.05) is 13.7 Å². The highest BCUT2D eigenvalue weighted by Gasteiger charge is 2.60. The molecule has 0 aromatic rings. The predicted molar refractivity (Wildman–Crippen MR) is 106 cm³/mol. The van der Waals surface area contributed by atoms with E-state index in [9.17, 15) is 27.6 Å². The van der Waals surface area contributed by atoms with Gasteiger partial charge in [0.25, 0.3) is 5.91 Å². The van der Waals surface area contributed by atoms with Crippen molar-refractivity contribution in [1.82, 2.24) is 20.3 Å². The SMILES string of the molecule is CCC(=O)NC(C)C(=O)N1CC(C)CC1C(=O)NC1(C(=O)NS(=O)(=O)OC)CC1C. The molecule has 4 amide bonds. The molecule has 0 aromatic heterocycles. The van der Waals surface area contributed by atoms with Gasteiger partial charge in [0, 0.05) is 13.0 Å². The highest BCUT2D eigenvalue weighted by atomic mass is 32.2. The molecular weight excluding hydrogens is 416 g/mol. The predicted octanol–water partition coefficient (Wildman–Crippen LogP) is -0.960. The van der Waals surface area contributed by atoms with Crippen LogP contribution in [-0.2, 0) is 33.7 Å². The average Bonchev–Trinajstić information content (AvgIpc) is 3.15. The molecule has 3 N–H and O–H groups in total. The minimum Gasteiger partial charge on any atom is -0.345 e. The normalized spacial score (nSPS) is 29.1. The molecule has 1 aliphatic heterocycles. The van der Waals surface area contributed by atoms with Crippen LogP contribution in [0.25, 0.3) is 0 Å². The Hall–Kier alpha value is -2.21. The maximum atomic E-state index is 13.0. The third-order valence-corrected chi connectivity index (χ3v) is 6.54. The third-order valence-electron chi connectivity index (χ3n) is 5.66. The quantitative estimate of drug-likeness (QED) is 0.434. The summed E-state index contributed by atoms with van der Waals surface area (Å²) >= 11 is 0. The van der Waals surface area contributed by atoms with Crippen LogP contribution in [0.2, 0.25) is 0 Å². The Kier molecular flexibility index (Phi) is 7.12. The Morgan fingerprint density at radius 1 is 1.23 bits per heavy atom. The molecule has 2 rings (SSSR count). The van der Waals surface area contributed by atoms with Crippen molar-refractivity contribution < 1.29 is 31.8 Å². The van der Waals surface area contributed by atoms with E-state index >= 15 is 0 Å². The molecule has 0 spiro atoms. The number of hydrogen-bond donors (Lipinski definition) is 3. The first-order chi connectivity index (χ1) is 13.9. The first-order valence-corrected chi connectivity index (χ1v) is 11.3. The number of rotatable bonds is 8. The Bertz CT molecular complexity index is 830. The number of hydrogen-bond acceptors (Lipinski definition) is 7. The van der Waals surface area contributed by atoms with E-state index in [-0.39, 0.29) is 36.5 Å². The van der Waals surface area contributed by atoms with Crippen molar-refractivity contribution in [1.29, 1.82) is 0 Å². The van der Waals surface area contributed by atoms with Crippen LogP contribution in [0.4, 0.5) is 0 Å². The number of nitrogens with one attached hydrogen (secondary N) is 3. The van der Waals surface area contributed by atoms with Crippen LogP contribution < -0.4 is 15.4 Å². The number of nitrogens with zero attached hydrogens (tertiary/aromatic N) is 1. The lowest BCUT2D eigenvalue weighted by Crippen LogP contribution is -2.57. The minimum atomic E-state index is -4.25. The van der Waals surface area contributed by atoms with E-state index in [0.717, 1.165) is 7.11 Å². The van der Waals surface area contributed by atoms with E-state index in [0.29, 0.717) is 13.0 Å². The van der Waals surface area contributed by atoms with Gasteiger partial charge < -0.3 is 15.5 Å². The summed E-state index contributed by atoms with van der Waals surface area (Å²) in [5, 5.41) is 5.24. The minimum absolute atomic E-state index is 0.0500. The molecule has 1 aliphatic carbocycles. The van der Waals surface area contributed by atoms with Gasteiger partial charge >= 0.3 is 10.3 Å². The first-order valence-electron chi connectivity index (χ1n) is 9.91. The van der Waals surface area contributed by atoms with Gasteiger partial charge in [-0.1, -0.05) is 20.8 Å². The van der Waals surface area contributed by atoms with E-state index in [1.807, 2.05) is 6.92 Å². The molecule has 170 valence electrons. The van der Waals surface area contributed by atoms with Gasteiger partial charge in [-0.05, 0) is 31.6 Å². The molecule has 0 bridgehead atoms. The number of amides is 4. The zero-order valence-electron chi connectivity index (χ0n) is 17.9. The Balaban J connectivity index is 2.13. The summed E-state index contributed by atoms with van der Waals surface area (Å²) in [6.45, 7) is 7.18. The lowest BCUT2D eigenvalue weighted by atomic mass is 10.1. The topological polar surface area (TPSA) is 151 Å². The molecule has 11 nitrogen and oxygen atoms in total. The van der Waals surface area contributed by atoms with Crippen LogP contribution in [0.15, 0.2) is 0 Å². The summed E-state index contributed by atoms with van der Waals surface area (Å²) < 4.78 is 29.1. The zero-order valence-corrected chi connectivity index (χ0v) is 18.7. The fraction of sp³-hybridized carbons (Fsp3) is 0.778. The maximum Gasteiger partial charge on any atom is 0.361 e. The van der Waals surface area contributed by atoms with Crippen LogP contribution in [0.3, 0.4) is 0 Å². The first kappa shape index (κ1) is 24.1. The fourth-order valence-corrected chi connectivity index (χ4v) is 4.21. The molecule has 2 fully saturated rings. The van der Waals surface area contributed by atoms with Gasteiger partial charge in [0.2, 0.25) is 17.7 Å². The molecule has 30 heavy (non-hydrogen) atoms. The Labute approximate surface area is 176 Å². The van der Waals surface area contributed by atoms with Gasteiger partial charge in [-0.15, -0.1) is 0 Å². The maximum absolute atomic E-state index is 13.0. The summed E-state index contributed by atoms with van der Waals surface area (Å²) in [6.07, 6.45) is 0.898. The second kappa shape index (κ2) is 8.88. The Morgan fingerprint density at radius 2 is 1.83 bits per heavy atom. The van der Waals surface area contributed by atoms with Gasteiger partial charge in [-0.25, -0.2) is 4.72 Å². The smallest absolute Gasteiger partial charge is 0.345 e. The largest absolute Gasteiger partial charge is 0.361 e. The van der Waals surface area contributed by atoms with Crippen molar-refractivity contribution in [2.24, 2.45) is 11.8 Å². The molecule has 1 heterocycles. The van der Waals surface area contributed by atoms with Gasteiger partial charge in [-0.2, -0.15) is 8.42 Å². The van der Waals surface area contributed by atoms with Crippen molar-refractivity contribution in [3.63, 3.8) is 0 Å². The standard InChI is InChI=1S/C18H30N4O7S/c1-6-14(23)19-12(4)16(25)22-9-10(2)7-13(22)15(24)20-18(8-11(18)3)17(26)21-30(27,28)29-5/h10-13H,6-9H2,1-5H3,(H,19,23)(H,20,24)(H,21,26). The molecule has 0 aromatic carbocycles. The molecule has 1 saturated heterocycles. The van der Waals surface area contributed by atoms with Crippen molar-refractivity contribution in [3.05, 3.63) is 0 Å². The van der Waals surface area contributed by atoms with Crippen LogP contribution in [-0.4, -0.2) is 68.2 Å². The number of carbonyl (C=O) groups is 4. The lowest BCUT2D eigenvalue weighted by Gasteiger charge is -2.28. The van der Waals surface area contributed by atoms with E-state index in [4.69, 9.17) is 0 Å². The van der Waals surface area contributed by atoms with E-state index < -0.39 is 39.7 Å². The Morgan fingerprint density at radius 3 is 2.33 bits per heavy atom. The van der Waals surface area contributed by atoms with Gasteiger partial charge in [0.05, 0.1) is 7.11 Å². The zero-order chi connectivity index (χ0) is 22.9.